The van der Waals surface area contributed by atoms with Crippen LogP contribution < -0.4 is 10.5 Å². The predicted octanol–water partition coefficient (Wildman–Crippen LogP) is 5.51. The average Bonchev–Trinajstić information content (AvgIpc) is 2.73. The summed E-state index contributed by atoms with van der Waals surface area (Å²) in [5, 5.41) is 22.5. The molecule has 1 unspecified atom stereocenters. The van der Waals surface area contributed by atoms with E-state index in [1.54, 1.807) is 6.92 Å². The Morgan fingerprint density at radius 3 is 2.52 bits per heavy atom. The van der Waals surface area contributed by atoms with Gasteiger partial charge in [0.1, 0.15) is 23.0 Å². The number of benzene rings is 2. The van der Waals surface area contributed by atoms with Crippen LogP contribution >= 0.6 is 23.2 Å². The van der Waals surface area contributed by atoms with Crippen molar-refractivity contribution in [3.05, 3.63) is 73.7 Å². The minimum atomic E-state index is -1.48. The maximum absolute atomic E-state index is 13.1. The Morgan fingerprint density at radius 1 is 1.06 bits per heavy atom. The SMILES string of the molecule is CCCC(=O)C(C1=C(O)c2cc(Cl)ccc2OO1)c1c(O)c2cc(Cl)ccc2oc1=O. The molecule has 2 heterocycles. The maximum Gasteiger partial charge on any atom is 0.344 e. The van der Waals surface area contributed by atoms with Crippen molar-refractivity contribution >= 4 is 45.7 Å². The van der Waals surface area contributed by atoms with E-state index in [4.69, 9.17) is 37.4 Å². The molecule has 2 N–H and O–H groups in total. The van der Waals surface area contributed by atoms with Crippen LogP contribution in [-0.2, 0) is 9.68 Å². The third-order valence-electron chi connectivity index (χ3n) is 4.90. The molecule has 1 aromatic heterocycles. The number of carbonyl (C=O) groups is 1. The lowest BCUT2D eigenvalue weighted by Gasteiger charge is -2.24. The Balaban J connectivity index is 1.99. The molecule has 1 atom stereocenters. The summed E-state index contributed by atoms with van der Waals surface area (Å²) in [5.41, 5.74) is -1.07. The van der Waals surface area contributed by atoms with Crippen LogP contribution in [0.25, 0.3) is 16.7 Å². The zero-order valence-corrected chi connectivity index (χ0v) is 17.7. The Bertz CT molecular complexity index is 1290. The highest BCUT2D eigenvalue weighted by Crippen LogP contribution is 2.43. The summed E-state index contributed by atoms with van der Waals surface area (Å²) in [6.07, 6.45) is 0.498. The highest BCUT2D eigenvalue weighted by atomic mass is 35.5. The molecule has 0 amide bonds. The molecular formula is C22H16Cl2O7. The van der Waals surface area contributed by atoms with Crippen molar-refractivity contribution < 1.29 is 29.2 Å². The van der Waals surface area contributed by atoms with Crippen molar-refractivity contribution in [3.63, 3.8) is 0 Å². The molecule has 3 aromatic rings. The van der Waals surface area contributed by atoms with Crippen molar-refractivity contribution in [3.8, 4) is 11.5 Å². The Morgan fingerprint density at radius 2 is 1.77 bits per heavy atom. The summed E-state index contributed by atoms with van der Waals surface area (Å²) >= 11 is 12.0. The summed E-state index contributed by atoms with van der Waals surface area (Å²) in [6, 6.07) is 8.78. The van der Waals surface area contributed by atoms with E-state index in [-0.39, 0.29) is 40.0 Å². The summed E-state index contributed by atoms with van der Waals surface area (Å²) in [4.78, 5) is 36.3. The number of hydrogen-bond acceptors (Lipinski definition) is 7. The molecular weight excluding hydrogens is 447 g/mol. The average molecular weight is 463 g/mol. The van der Waals surface area contributed by atoms with E-state index < -0.39 is 28.8 Å². The molecule has 0 saturated heterocycles. The summed E-state index contributed by atoms with van der Waals surface area (Å²) < 4.78 is 5.30. The second kappa shape index (κ2) is 8.17. The van der Waals surface area contributed by atoms with Gasteiger partial charge in [-0.1, -0.05) is 30.1 Å². The highest BCUT2D eigenvalue weighted by Gasteiger charge is 2.39. The molecule has 9 heteroatoms. The van der Waals surface area contributed by atoms with Gasteiger partial charge in [-0.15, -0.1) is 0 Å². The summed E-state index contributed by atoms with van der Waals surface area (Å²) in [6.45, 7) is 1.78. The second-order valence-electron chi connectivity index (χ2n) is 6.96. The van der Waals surface area contributed by atoms with Crippen LogP contribution in [0.15, 0.2) is 51.4 Å². The number of Topliss-reactive ketones (excluding diaryl/α,β-unsaturated/α-hetero) is 1. The van der Waals surface area contributed by atoms with Crippen LogP contribution in [0, 0.1) is 0 Å². The van der Waals surface area contributed by atoms with Crippen LogP contribution in [0.1, 0.15) is 36.8 Å². The largest absolute Gasteiger partial charge is 0.507 e. The number of aliphatic hydroxyl groups excluding tert-OH is 1. The van der Waals surface area contributed by atoms with Gasteiger partial charge in [-0.2, -0.15) is 0 Å². The smallest absolute Gasteiger partial charge is 0.344 e. The minimum Gasteiger partial charge on any atom is -0.507 e. The number of aromatic hydroxyl groups is 1. The fourth-order valence-corrected chi connectivity index (χ4v) is 3.81. The van der Waals surface area contributed by atoms with Crippen molar-refractivity contribution in [2.75, 3.05) is 0 Å². The number of hydrogen-bond donors (Lipinski definition) is 2. The number of aliphatic hydroxyl groups is 1. The standard InChI is InChI=1S/C22H16Cl2O7/c1-2-3-14(25)17(21-20(27)13-9-11(24)5-7-16(13)30-31-21)18-19(26)12-8-10(23)4-6-15(12)29-22(18)28/h4-9,17,26-27H,2-3H2,1H3. The molecule has 1 aliphatic heterocycles. The topological polar surface area (TPSA) is 106 Å². The molecule has 0 bridgehead atoms. The van der Waals surface area contributed by atoms with Gasteiger partial charge in [0, 0.05) is 16.5 Å². The highest BCUT2D eigenvalue weighted by molar-refractivity contribution is 6.31. The van der Waals surface area contributed by atoms with Gasteiger partial charge in [-0.3, -0.25) is 14.6 Å². The fourth-order valence-electron chi connectivity index (χ4n) is 3.46. The normalized spacial score (nSPS) is 14.0. The predicted molar refractivity (Wildman–Crippen MR) is 115 cm³/mol. The zero-order chi connectivity index (χ0) is 22.3. The van der Waals surface area contributed by atoms with Crippen molar-refractivity contribution in [2.24, 2.45) is 0 Å². The molecule has 160 valence electrons. The van der Waals surface area contributed by atoms with E-state index >= 15 is 0 Å². The van der Waals surface area contributed by atoms with E-state index in [1.807, 2.05) is 0 Å². The molecule has 0 spiro atoms. The van der Waals surface area contributed by atoms with Gasteiger partial charge < -0.3 is 14.6 Å². The summed E-state index contributed by atoms with van der Waals surface area (Å²) in [5.74, 6) is -3.08. The van der Waals surface area contributed by atoms with Crippen molar-refractivity contribution in [1.29, 1.82) is 0 Å². The lowest BCUT2D eigenvalue weighted by molar-refractivity contribution is -0.177. The Hall–Kier alpha value is -3.16. The lowest BCUT2D eigenvalue weighted by atomic mass is 9.88. The maximum atomic E-state index is 13.1. The third-order valence-corrected chi connectivity index (χ3v) is 5.37. The molecule has 0 aliphatic carbocycles. The second-order valence-corrected chi connectivity index (χ2v) is 7.83. The molecule has 7 nitrogen and oxygen atoms in total. The van der Waals surface area contributed by atoms with Gasteiger partial charge in [-0.25, -0.2) is 4.79 Å². The molecule has 0 saturated carbocycles. The van der Waals surface area contributed by atoms with E-state index in [0.717, 1.165) is 0 Å². The van der Waals surface area contributed by atoms with E-state index in [1.165, 1.54) is 36.4 Å². The van der Waals surface area contributed by atoms with Crippen molar-refractivity contribution in [1.82, 2.24) is 0 Å². The molecule has 0 fully saturated rings. The van der Waals surface area contributed by atoms with Crippen LogP contribution in [0.2, 0.25) is 10.0 Å². The monoisotopic (exact) mass is 462 g/mol. The molecule has 0 radical (unpaired) electrons. The molecule has 4 rings (SSSR count). The van der Waals surface area contributed by atoms with Crippen molar-refractivity contribution in [2.45, 2.75) is 25.7 Å². The van der Waals surface area contributed by atoms with E-state index in [2.05, 4.69) is 0 Å². The third kappa shape index (κ3) is 3.71. The first-order valence-electron chi connectivity index (χ1n) is 9.37. The molecule has 1 aliphatic rings. The number of allylic oxidation sites excluding steroid dienone is 1. The van der Waals surface area contributed by atoms with Gasteiger partial charge in [-0.05, 0) is 42.8 Å². The number of ketones is 1. The lowest BCUT2D eigenvalue weighted by Crippen LogP contribution is -2.26. The van der Waals surface area contributed by atoms with E-state index in [9.17, 15) is 19.8 Å². The first-order chi connectivity index (χ1) is 14.8. The number of rotatable bonds is 5. The Kier molecular flexibility index (Phi) is 5.56. The zero-order valence-electron chi connectivity index (χ0n) is 16.1. The van der Waals surface area contributed by atoms with Gasteiger partial charge in [0.05, 0.1) is 16.5 Å². The van der Waals surface area contributed by atoms with Crippen LogP contribution in [0.3, 0.4) is 0 Å². The Labute approximate surface area is 186 Å². The number of fused-ring (bicyclic) bond motifs is 2. The molecule has 2 aromatic carbocycles. The van der Waals surface area contributed by atoms with E-state index in [0.29, 0.717) is 16.5 Å². The van der Waals surface area contributed by atoms with Crippen LogP contribution in [0.5, 0.6) is 11.5 Å². The first kappa shape index (κ1) is 21.1. The van der Waals surface area contributed by atoms with Gasteiger partial charge in [0.25, 0.3) is 0 Å². The van der Waals surface area contributed by atoms with Gasteiger partial charge >= 0.3 is 5.63 Å². The number of carbonyl (C=O) groups excluding carboxylic acids is 1. The number of halogens is 2. The van der Waals surface area contributed by atoms with Gasteiger partial charge in [0.2, 0.25) is 5.76 Å². The quantitative estimate of drug-likeness (QED) is 0.380. The minimum absolute atomic E-state index is 0.0413. The van der Waals surface area contributed by atoms with Crippen LogP contribution in [0.4, 0.5) is 0 Å². The van der Waals surface area contributed by atoms with Crippen LogP contribution in [-0.4, -0.2) is 16.0 Å². The molecule has 31 heavy (non-hydrogen) atoms. The fraction of sp³-hybridized carbons (Fsp3) is 0.182. The summed E-state index contributed by atoms with van der Waals surface area (Å²) in [7, 11) is 0. The van der Waals surface area contributed by atoms with Gasteiger partial charge in [0.15, 0.2) is 11.5 Å². The first-order valence-corrected chi connectivity index (χ1v) is 10.1.